The molecule has 1 radical (unpaired) electrons. The van der Waals surface area contributed by atoms with Crippen LogP contribution in [0.3, 0.4) is 0 Å². The first-order valence-corrected chi connectivity index (χ1v) is 1.65. The molecule has 1 aromatic heterocycles. The van der Waals surface area contributed by atoms with Gasteiger partial charge in [0, 0.05) is 0 Å². The minimum Gasteiger partial charge on any atom is -0.262 e. The van der Waals surface area contributed by atoms with Gasteiger partial charge in [0.25, 0.3) is 0 Å². The fraction of sp³-hybridized carbons (Fsp3) is 0.333. The topological polar surface area (TPSA) is 41.6 Å². The molecule has 0 saturated carbocycles. The van der Waals surface area contributed by atoms with Crippen LogP contribution in [0.2, 0.25) is 0 Å². The number of H-pyrrole nitrogens is 1. The van der Waals surface area contributed by atoms with Crippen molar-refractivity contribution >= 4 is 0 Å². The number of aryl methyl sites for hydroxylation is 1. The quantitative estimate of drug-likeness (QED) is 0.475. The number of hydrogen-bond donors (Lipinski definition) is 1. The molecule has 0 aliphatic carbocycles. The molecule has 0 aliphatic rings. The molecule has 0 aliphatic heterocycles. The van der Waals surface area contributed by atoms with E-state index in [4.69, 9.17) is 0 Å². The summed E-state index contributed by atoms with van der Waals surface area (Å²) < 4.78 is 0. The Morgan fingerprint density at radius 3 is 2.83 bits per heavy atom. The summed E-state index contributed by atoms with van der Waals surface area (Å²) in [4.78, 5) is 0. The molecule has 3 heteroatoms. The molecule has 0 atom stereocenters. The van der Waals surface area contributed by atoms with Crippen LogP contribution >= 0.6 is 0 Å². The van der Waals surface area contributed by atoms with Crippen molar-refractivity contribution in [3.8, 4) is 0 Å². The Morgan fingerprint density at radius 2 is 2.67 bits per heavy atom. The Kier molecular flexibility index (Phi) is 0.602. The summed E-state index contributed by atoms with van der Waals surface area (Å²) in [6, 6.07) is 0. The molecule has 6 heavy (non-hydrogen) atoms. The minimum absolute atomic E-state index is 0.870. The normalized spacial score (nSPS) is 8.83. The summed E-state index contributed by atoms with van der Waals surface area (Å²) in [6.07, 6.45) is 2.58. The Morgan fingerprint density at radius 1 is 1.83 bits per heavy atom. The van der Waals surface area contributed by atoms with E-state index in [0.717, 1.165) is 5.69 Å². The van der Waals surface area contributed by atoms with E-state index in [1.54, 1.807) is 0 Å². The van der Waals surface area contributed by atoms with Gasteiger partial charge in [-0.15, -0.1) is 5.10 Å². The monoisotopic (exact) mass is 82.0 g/mol. The van der Waals surface area contributed by atoms with Crippen LogP contribution in [0.5, 0.6) is 0 Å². The van der Waals surface area contributed by atoms with Crippen molar-refractivity contribution in [1.82, 2.24) is 15.4 Å². The van der Waals surface area contributed by atoms with Crippen molar-refractivity contribution < 1.29 is 0 Å². The molecular formula is C3H4N3. The predicted molar refractivity (Wildman–Crippen MR) is 20.0 cm³/mol. The minimum atomic E-state index is 0.870. The average molecular weight is 82.1 g/mol. The highest BCUT2D eigenvalue weighted by atomic mass is 15.3. The number of hydrogen-bond acceptors (Lipinski definition) is 2. The molecular weight excluding hydrogens is 78.1 g/mol. The highest BCUT2D eigenvalue weighted by Crippen LogP contribution is 1.75. The first kappa shape index (κ1) is 3.33. The molecule has 31 valence electrons. The lowest BCUT2D eigenvalue weighted by Gasteiger charge is -1.63. The van der Waals surface area contributed by atoms with Gasteiger partial charge in [-0.25, -0.2) is 0 Å². The molecule has 0 saturated heterocycles. The Labute approximate surface area is 35.4 Å². The molecule has 1 N–H and O–H groups in total. The summed E-state index contributed by atoms with van der Waals surface area (Å²) in [6.45, 7) is 1.85. The second kappa shape index (κ2) is 1.08. The van der Waals surface area contributed by atoms with E-state index < -0.39 is 0 Å². The van der Waals surface area contributed by atoms with Crippen molar-refractivity contribution in [3.63, 3.8) is 0 Å². The number of nitrogens with one attached hydrogen (secondary N) is 1. The maximum absolute atomic E-state index is 3.39. The number of aromatic nitrogens is 3. The lowest BCUT2D eigenvalue weighted by molar-refractivity contribution is 0.927. The van der Waals surface area contributed by atoms with Crippen LogP contribution in [0.1, 0.15) is 5.69 Å². The van der Waals surface area contributed by atoms with Crippen molar-refractivity contribution in [1.29, 1.82) is 0 Å². The van der Waals surface area contributed by atoms with Crippen molar-refractivity contribution in [3.05, 3.63) is 11.9 Å². The zero-order chi connectivity index (χ0) is 4.41. The van der Waals surface area contributed by atoms with Gasteiger partial charge >= 0.3 is 0 Å². The first-order valence-electron chi connectivity index (χ1n) is 1.65. The lowest BCUT2D eigenvalue weighted by Crippen LogP contribution is -1.66. The number of nitrogens with zero attached hydrogens (tertiary/aromatic N) is 2. The van der Waals surface area contributed by atoms with Crippen molar-refractivity contribution in [2.24, 2.45) is 0 Å². The Balaban J connectivity index is 3.05. The highest BCUT2D eigenvalue weighted by molar-refractivity contribution is 4.80. The summed E-state index contributed by atoms with van der Waals surface area (Å²) in [5.74, 6) is 0. The van der Waals surface area contributed by atoms with Gasteiger partial charge in [0.15, 0.2) is 0 Å². The van der Waals surface area contributed by atoms with Gasteiger partial charge in [-0.1, -0.05) is 5.21 Å². The third-order valence-electron chi connectivity index (χ3n) is 0.485. The molecule has 1 aromatic rings. The number of aromatic amines is 1. The molecule has 0 spiro atoms. The van der Waals surface area contributed by atoms with Crippen LogP contribution in [0.4, 0.5) is 0 Å². The highest BCUT2D eigenvalue weighted by Gasteiger charge is 1.77. The number of rotatable bonds is 0. The van der Waals surface area contributed by atoms with Crippen LogP contribution in [-0.2, 0) is 0 Å². The fourth-order valence-electron chi connectivity index (χ4n) is 0.225. The second-order valence-corrected chi connectivity index (χ2v) is 1.05. The van der Waals surface area contributed by atoms with Gasteiger partial charge in [0.2, 0.25) is 0 Å². The maximum Gasteiger partial charge on any atom is 0.137 e. The van der Waals surface area contributed by atoms with Gasteiger partial charge in [0.05, 0.1) is 5.69 Å². The van der Waals surface area contributed by atoms with Crippen molar-refractivity contribution in [2.45, 2.75) is 6.92 Å². The van der Waals surface area contributed by atoms with Crippen LogP contribution in [0.25, 0.3) is 0 Å². The van der Waals surface area contributed by atoms with Crippen LogP contribution in [0.15, 0.2) is 0 Å². The van der Waals surface area contributed by atoms with Gasteiger partial charge in [0.1, 0.15) is 6.20 Å². The van der Waals surface area contributed by atoms with Gasteiger partial charge in [-0.05, 0) is 6.92 Å². The van der Waals surface area contributed by atoms with Crippen LogP contribution < -0.4 is 0 Å². The molecule has 0 aromatic carbocycles. The van der Waals surface area contributed by atoms with Gasteiger partial charge in [-0.2, -0.15) is 0 Å². The summed E-state index contributed by atoms with van der Waals surface area (Å²) in [7, 11) is 0. The van der Waals surface area contributed by atoms with Crippen molar-refractivity contribution in [2.75, 3.05) is 0 Å². The van der Waals surface area contributed by atoms with Gasteiger partial charge in [-0.3, -0.25) is 5.10 Å². The standard InChI is InChI=1S/C3H4N3/c1-3-2-4-6-5-3/h1H3,(H,4,5,6). The predicted octanol–water partition coefficient (Wildman–Crippen LogP) is -0.0867. The van der Waals surface area contributed by atoms with E-state index in [0.29, 0.717) is 0 Å². The molecule has 0 fully saturated rings. The van der Waals surface area contributed by atoms with E-state index in [1.807, 2.05) is 6.92 Å². The third kappa shape index (κ3) is 0.381. The van der Waals surface area contributed by atoms with E-state index in [-0.39, 0.29) is 0 Å². The molecule has 3 nitrogen and oxygen atoms in total. The molecule has 1 rings (SSSR count). The van der Waals surface area contributed by atoms with E-state index in [1.165, 1.54) is 0 Å². The Bertz CT molecular complexity index is 110. The van der Waals surface area contributed by atoms with Crippen LogP contribution in [-0.4, -0.2) is 15.4 Å². The first-order chi connectivity index (χ1) is 2.89. The molecule has 0 amide bonds. The Hall–Kier alpha value is -0.860. The largest absolute Gasteiger partial charge is 0.262 e. The lowest BCUT2D eigenvalue weighted by atomic mass is 10.6. The molecule has 1 heterocycles. The summed E-state index contributed by atoms with van der Waals surface area (Å²) in [5.41, 5.74) is 0.870. The zero-order valence-electron chi connectivity index (χ0n) is 3.39. The maximum atomic E-state index is 3.39. The molecule has 0 bridgehead atoms. The SMILES string of the molecule is Cc1[c]nn[nH]1. The van der Waals surface area contributed by atoms with Gasteiger partial charge < -0.3 is 0 Å². The van der Waals surface area contributed by atoms with Crippen LogP contribution in [0, 0.1) is 13.1 Å². The summed E-state index contributed by atoms with van der Waals surface area (Å²) in [5, 5.41) is 9.37. The zero-order valence-corrected chi connectivity index (χ0v) is 3.39. The average Bonchev–Trinajstić information content (AvgIpc) is 1.86. The third-order valence-corrected chi connectivity index (χ3v) is 0.485. The second-order valence-electron chi connectivity index (χ2n) is 1.05. The molecule has 0 unspecified atom stereocenters. The smallest absolute Gasteiger partial charge is 0.137 e. The summed E-state index contributed by atoms with van der Waals surface area (Å²) >= 11 is 0. The van der Waals surface area contributed by atoms with E-state index >= 15 is 0 Å². The van der Waals surface area contributed by atoms with E-state index in [2.05, 4.69) is 21.6 Å². The fourth-order valence-corrected chi connectivity index (χ4v) is 0.225. The van der Waals surface area contributed by atoms with E-state index in [9.17, 15) is 0 Å².